The molecule has 0 amide bonds. The molecule has 4 nitrogen and oxygen atoms in total. The molecule has 17 heavy (non-hydrogen) atoms. The Labute approximate surface area is 105 Å². The van der Waals surface area contributed by atoms with Gasteiger partial charge in [-0.3, -0.25) is 0 Å². The minimum atomic E-state index is -2.85. The van der Waals surface area contributed by atoms with Crippen LogP contribution >= 0.6 is 0 Å². The van der Waals surface area contributed by atoms with Crippen molar-refractivity contribution in [3.63, 3.8) is 0 Å². The largest absolute Gasteiger partial charge is 0.377 e. The zero-order valence-electron chi connectivity index (χ0n) is 10.8. The quantitative estimate of drug-likeness (QED) is 0.638. The number of sulfone groups is 1. The van der Waals surface area contributed by atoms with Crippen molar-refractivity contribution < 1.29 is 13.2 Å². The molecule has 0 aliphatic carbocycles. The summed E-state index contributed by atoms with van der Waals surface area (Å²) in [5, 5.41) is 3.17. The predicted molar refractivity (Wildman–Crippen MR) is 70.0 cm³/mol. The molecule has 0 saturated carbocycles. The van der Waals surface area contributed by atoms with Crippen LogP contribution in [0.4, 0.5) is 0 Å². The second kappa shape index (κ2) is 8.06. The van der Waals surface area contributed by atoms with E-state index in [4.69, 9.17) is 4.74 Å². The predicted octanol–water partition coefficient (Wildman–Crippen LogP) is 1.36. The van der Waals surface area contributed by atoms with Crippen molar-refractivity contribution in [2.75, 3.05) is 31.2 Å². The summed E-state index contributed by atoms with van der Waals surface area (Å²) in [6, 6.07) is 0. The first-order valence-electron chi connectivity index (χ1n) is 6.67. The standard InChI is InChI=1S/C12H25NO3S/c1-2-3-4-9-17(14,15)10-7-13-11-12-6-5-8-16-12/h12-13H,2-11H2,1H3. The Morgan fingerprint density at radius 3 is 2.76 bits per heavy atom. The number of hydrogen-bond acceptors (Lipinski definition) is 4. The molecule has 0 bridgehead atoms. The van der Waals surface area contributed by atoms with Crippen LogP contribution in [0.25, 0.3) is 0 Å². The molecule has 0 aromatic heterocycles. The third-order valence-corrected chi connectivity index (χ3v) is 4.78. The lowest BCUT2D eigenvalue weighted by atomic mass is 10.2. The van der Waals surface area contributed by atoms with Gasteiger partial charge >= 0.3 is 0 Å². The van der Waals surface area contributed by atoms with E-state index in [1.165, 1.54) is 0 Å². The average molecular weight is 263 g/mol. The minimum Gasteiger partial charge on any atom is -0.377 e. The van der Waals surface area contributed by atoms with E-state index in [1.54, 1.807) is 0 Å². The van der Waals surface area contributed by atoms with E-state index >= 15 is 0 Å². The van der Waals surface area contributed by atoms with Gasteiger partial charge in [0.05, 0.1) is 17.6 Å². The van der Waals surface area contributed by atoms with Gasteiger partial charge in [0.1, 0.15) is 0 Å². The fourth-order valence-electron chi connectivity index (χ4n) is 1.97. The van der Waals surface area contributed by atoms with Gasteiger partial charge in [-0.15, -0.1) is 0 Å². The minimum absolute atomic E-state index is 0.253. The Bertz CT molecular complexity index is 284. The van der Waals surface area contributed by atoms with Crippen molar-refractivity contribution in [2.24, 2.45) is 0 Å². The highest BCUT2D eigenvalue weighted by Gasteiger charge is 2.15. The summed E-state index contributed by atoms with van der Waals surface area (Å²) in [6.45, 7) is 4.26. The molecule has 0 spiro atoms. The first-order chi connectivity index (χ1) is 8.14. The topological polar surface area (TPSA) is 55.4 Å². The number of ether oxygens (including phenoxy) is 1. The highest BCUT2D eigenvalue weighted by molar-refractivity contribution is 7.91. The zero-order valence-corrected chi connectivity index (χ0v) is 11.6. The first-order valence-corrected chi connectivity index (χ1v) is 8.49. The third-order valence-electron chi connectivity index (χ3n) is 3.04. The van der Waals surface area contributed by atoms with Gasteiger partial charge in [0.2, 0.25) is 0 Å². The van der Waals surface area contributed by atoms with E-state index in [0.29, 0.717) is 12.3 Å². The fraction of sp³-hybridized carbons (Fsp3) is 1.00. The van der Waals surface area contributed by atoms with Crippen molar-refractivity contribution >= 4 is 9.84 Å². The molecule has 1 heterocycles. The van der Waals surface area contributed by atoms with Gasteiger partial charge in [0, 0.05) is 19.7 Å². The fourth-order valence-corrected chi connectivity index (χ4v) is 3.27. The van der Waals surface area contributed by atoms with E-state index in [2.05, 4.69) is 12.2 Å². The molecular formula is C12H25NO3S. The van der Waals surface area contributed by atoms with Crippen LogP contribution in [0.1, 0.15) is 39.0 Å². The summed E-state index contributed by atoms with van der Waals surface area (Å²) in [5.74, 6) is 0.589. The van der Waals surface area contributed by atoms with Gasteiger partial charge in [0.25, 0.3) is 0 Å². The van der Waals surface area contributed by atoms with Crippen molar-refractivity contribution in [3.05, 3.63) is 0 Å². The zero-order chi connectivity index (χ0) is 12.6. The van der Waals surface area contributed by atoms with Gasteiger partial charge in [-0.05, 0) is 19.3 Å². The molecule has 1 aliphatic rings. The van der Waals surface area contributed by atoms with Crippen LogP contribution in [0.2, 0.25) is 0 Å². The summed E-state index contributed by atoms with van der Waals surface area (Å²) < 4.78 is 28.7. The number of hydrogen-bond donors (Lipinski definition) is 1. The Kier molecular flexibility index (Phi) is 7.08. The SMILES string of the molecule is CCCCCS(=O)(=O)CCNCC1CCCO1. The molecule has 0 aromatic rings. The summed E-state index contributed by atoms with van der Waals surface area (Å²) >= 11 is 0. The number of unbranched alkanes of at least 4 members (excludes halogenated alkanes) is 2. The maximum absolute atomic E-state index is 11.6. The third kappa shape index (κ3) is 7.01. The van der Waals surface area contributed by atoms with Crippen molar-refractivity contribution in [1.29, 1.82) is 0 Å². The number of nitrogens with one attached hydrogen (secondary N) is 1. The first kappa shape index (κ1) is 14.9. The smallest absolute Gasteiger partial charge is 0.151 e. The molecular weight excluding hydrogens is 238 g/mol. The Balaban J connectivity index is 2.03. The molecule has 1 saturated heterocycles. The van der Waals surface area contributed by atoms with Crippen LogP contribution in [0, 0.1) is 0 Å². The Morgan fingerprint density at radius 1 is 1.29 bits per heavy atom. The van der Waals surface area contributed by atoms with E-state index in [1.807, 2.05) is 0 Å². The maximum Gasteiger partial charge on any atom is 0.151 e. The van der Waals surface area contributed by atoms with Crippen LogP contribution in [-0.2, 0) is 14.6 Å². The lowest BCUT2D eigenvalue weighted by Crippen LogP contribution is -2.31. The average Bonchev–Trinajstić information content (AvgIpc) is 2.77. The van der Waals surface area contributed by atoms with Crippen LogP contribution in [0.5, 0.6) is 0 Å². The summed E-state index contributed by atoms with van der Waals surface area (Å²) in [6.07, 6.45) is 5.37. The molecule has 1 fully saturated rings. The van der Waals surface area contributed by atoms with Crippen LogP contribution in [0.3, 0.4) is 0 Å². The second-order valence-corrected chi connectivity index (χ2v) is 7.00. The molecule has 1 rings (SSSR count). The molecule has 5 heteroatoms. The van der Waals surface area contributed by atoms with Gasteiger partial charge in [0.15, 0.2) is 9.84 Å². The molecule has 102 valence electrons. The van der Waals surface area contributed by atoms with E-state index in [9.17, 15) is 8.42 Å². The maximum atomic E-state index is 11.6. The molecule has 1 N–H and O–H groups in total. The normalized spacial score (nSPS) is 20.9. The highest BCUT2D eigenvalue weighted by Crippen LogP contribution is 2.10. The van der Waals surface area contributed by atoms with Crippen molar-refractivity contribution in [3.8, 4) is 0 Å². The molecule has 0 radical (unpaired) electrons. The van der Waals surface area contributed by atoms with Gasteiger partial charge in [-0.25, -0.2) is 8.42 Å². The summed E-state index contributed by atoms with van der Waals surface area (Å²) in [7, 11) is -2.85. The van der Waals surface area contributed by atoms with Crippen LogP contribution < -0.4 is 5.32 Å². The number of rotatable bonds is 9. The summed E-state index contributed by atoms with van der Waals surface area (Å²) in [4.78, 5) is 0. The van der Waals surface area contributed by atoms with Crippen molar-refractivity contribution in [1.82, 2.24) is 5.32 Å². The molecule has 1 atom stereocenters. The highest BCUT2D eigenvalue weighted by atomic mass is 32.2. The Hall–Kier alpha value is -0.130. The van der Waals surface area contributed by atoms with Gasteiger partial charge < -0.3 is 10.1 Å². The molecule has 1 unspecified atom stereocenters. The van der Waals surface area contributed by atoms with Gasteiger partial charge in [-0.1, -0.05) is 19.8 Å². The summed E-state index contributed by atoms with van der Waals surface area (Å²) in [5.41, 5.74) is 0. The van der Waals surface area contributed by atoms with E-state index in [-0.39, 0.29) is 11.9 Å². The van der Waals surface area contributed by atoms with E-state index in [0.717, 1.165) is 45.3 Å². The molecule has 1 aliphatic heterocycles. The van der Waals surface area contributed by atoms with Crippen LogP contribution in [0.15, 0.2) is 0 Å². The van der Waals surface area contributed by atoms with Gasteiger partial charge in [-0.2, -0.15) is 0 Å². The Morgan fingerprint density at radius 2 is 2.12 bits per heavy atom. The monoisotopic (exact) mass is 263 g/mol. The molecule has 0 aromatic carbocycles. The second-order valence-electron chi connectivity index (χ2n) is 4.70. The van der Waals surface area contributed by atoms with Crippen molar-refractivity contribution in [2.45, 2.75) is 45.1 Å². The van der Waals surface area contributed by atoms with Crippen LogP contribution in [-0.4, -0.2) is 45.7 Å². The lowest BCUT2D eigenvalue weighted by Gasteiger charge is -2.10. The lowest BCUT2D eigenvalue weighted by molar-refractivity contribution is 0.110. The van der Waals surface area contributed by atoms with E-state index < -0.39 is 9.84 Å².